The molecule has 0 spiro atoms. The molecule has 0 aromatic heterocycles. The predicted octanol–water partition coefficient (Wildman–Crippen LogP) is 7.40. The number of fused-ring (bicyclic) bond motifs is 1. The molecule has 1 N–H and O–H groups in total. The predicted molar refractivity (Wildman–Crippen MR) is 133 cm³/mol. The molecule has 0 saturated heterocycles. The summed E-state index contributed by atoms with van der Waals surface area (Å²) in [7, 11) is 3.47. The number of alkyl halides is 3. The molecule has 0 fully saturated rings. The number of likely N-dealkylation sites (N-methyl/N-ethyl adjacent to an activating group) is 1. The van der Waals surface area contributed by atoms with Crippen molar-refractivity contribution in [2.45, 2.75) is 26.9 Å². The lowest BCUT2D eigenvalue weighted by molar-refractivity contribution is -0.137. The smallest absolute Gasteiger partial charge is 0.388 e. The van der Waals surface area contributed by atoms with Gasteiger partial charge in [0.25, 0.3) is 0 Å². The van der Waals surface area contributed by atoms with Gasteiger partial charge in [-0.2, -0.15) is 13.2 Å². The van der Waals surface area contributed by atoms with E-state index in [1.54, 1.807) is 7.05 Å². The quantitative estimate of drug-likeness (QED) is 0.460. The summed E-state index contributed by atoms with van der Waals surface area (Å²) in [5.41, 5.74) is 9.00. The lowest BCUT2D eigenvalue weighted by atomic mass is 9.89. The third-order valence-electron chi connectivity index (χ3n) is 5.95. The van der Waals surface area contributed by atoms with Gasteiger partial charge in [0.2, 0.25) is 0 Å². The first-order valence-electron chi connectivity index (χ1n) is 10.9. The van der Waals surface area contributed by atoms with Crippen LogP contribution in [0.25, 0.3) is 11.3 Å². The van der Waals surface area contributed by atoms with E-state index in [0.29, 0.717) is 22.9 Å². The molecule has 0 amide bonds. The number of nitrogens with zero attached hydrogens (tertiary/aromatic N) is 2. The van der Waals surface area contributed by atoms with E-state index in [0.717, 1.165) is 41.3 Å². The summed E-state index contributed by atoms with van der Waals surface area (Å²) in [6.07, 6.45) is -2.29. The molecule has 0 atom stereocenters. The Balaban J connectivity index is 2.08. The summed E-state index contributed by atoms with van der Waals surface area (Å²) in [6.45, 7) is 15.2. The van der Waals surface area contributed by atoms with Crippen LogP contribution in [0.4, 0.5) is 30.2 Å². The second-order valence-corrected chi connectivity index (χ2v) is 8.28. The number of anilines is 3. The fraction of sp³-hybridized carbons (Fsp3) is 0.296. The number of benzene rings is 2. The van der Waals surface area contributed by atoms with Gasteiger partial charge in [-0.15, -0.1) is 5.73 Å². The zero-order valence-electron chi connectivity index (χ0n) is 19.8. The van der Waals surface area contributed by atoms with Crippen LogP contribution < -0.4 is 15.1 Å². The van der Waals surface area contributed by atoms with Crippen LogP contribution in [0.2, 0.25) is 0 Å². The summed E-state index contributed by atoms with van der Waals surface area (Å²) in [5, 5.41) is 2.88. The van der Waals surface area contributed by atoms with E-state index in [1.807, 2.05) is 18.0 Å². The van der Waals surface area contributed by atoms with E-state index in [4.69, 9.17) is 0 Å². The van der Waals surface area contributed by atoms with Crippen LogP contribution in [0.15, 0.2) is 67.1 Å². The minimum atomic E-state index is -4.42. The average molecular weight is 454 g/mol. The first-order chi connectivity index (χ1) is 15.5. The molecule has 1 heterocycles. The van der Waals surface area contributed by atoms with E-state index >= 15 is 0 Å². The summed E-state index contributed by atoms with van der Waals surface area (Å²) < 4.78 is 39.6. The molecule has 3 nitrogen and oxygen atoms in total. The van der Waals surface area contributed by atoms with E-state index < -0.39 is 11.7 Å². The molecular formula is C27H30F3N3. The number of hydrogen-bond acceptors (Lipinski definition) is 3. The second kappa shape index (κ2) is 9.24. The second-order valence-electron chi connectivity index (χ2n) is 8.28. The molecule has 0 aliphatic carbocycles. The maximum Gasteiger partial charge on any atom is 0.416 e. The number of rotatable bonds is 6. The van der Waals surface area contributed by atoms with Crippen molar-refractivity contribution in [1.29, 1.82) is 0 Å². The minimum Gasteiger partial charge on any atom is -0.388 e. The Morgan fingerprint density at radius 1 is 1.18 bits per heavy atom. The molecule has 174 valence electrons. The maximum absolute atomic E-state index is 13.2. The maximum atomic E-state index is 13.2. The molecule has 0 radical (unpaired) electrons. The van der Waals surface area contributed by atoms with Gasteiger partial charge in [-0.05, 0) is 60.9 Å². The van der Waals surface area contributed by atoms with Crippen molar-refractivity contribution in [3.8, 4) is 0 Å². The Labute approximate surface area is 194 Å². The molecule has 0 bridgehead atoms. The molecule has 1 aliphatic heterocycles. The van der Waals surface area contributed by atoms with Crippen molar-refractivity contribution in [2.75, 3.05) is 35.8 Å². The monoisotopic (exact) mass is 453 g/mol. The molecule has 3 rings (SSSR count). The highest BCUT2D eigenvalue weighted by molar-refractivity contribution is 5.90. The standard InChI is InChI=1S/C27H30F3N3/c1-8-25(21-12-10-19(27(28,29)30)15-24(21)31-6)32(7)20-11-13-26-23(16-20)22(17(3)4)14-18(5)33(26)9-2/h10-17,31H,1,5,9H2,2-4,6-7H3. The Bertz CT molecular complexity index is 1150. The van der Waals surface area contributed by atoms with Crippen LogP contribution in [0.1, 0.15) is 37.5 Å². The minimum absolute atomic E-state index is 0.306. The number of hydrogen-bond donors (Lipinski definition) is 1. The lowest BCUT2D eigenvalue weighted by Crippen LogP contribution is -2.25. The van der Waals surface area contributed by atoms with Crippen molar-refractivity contribution in [3.05, 3.63) is 83.8 Å². The average Bonchev–Trinajstić information content (AvgIpc) is 2.77. The molecule has 33 heavy (non-hydrogen) atoms. The van der Waals surface area contributed by atoms with E-state index in [9.17, 15) is 13.2 Å². The number of nitrogens with one attached hydrogen (secondary N) is 1. The van der Waals surface area contributed by atoms with Crippen molar-refractivity contribution in [2.24, 2.45) is 5.92 Å². The Morgan fingerprint density at radius 3 is 2.42 bits per heavy atom. The third kappa shape index (κ3) is 4.57. The molecule has 6 heteroatoms. The van der Waals surface area contributed by atoms with Gasteiger partial charge in [0.1, 0.15) is 0 Å². The van der Waals surface area contributed by atoms with Gasteiger partial charge in [0, 0.05) is 54.5 Å². The third-order valence-corrected chi connectivity index (χ3v) is 5.95. The molecule has 0 unspecified atom stereocenters. The lowest BCUT2D eigenvalue weighted by Gasteiger charge is -2.34. The van der Waals surface area contributed by atoms with Crippen molar-refractivity contribution in [1.82, 2.24) is 0 Å². The highest BCUT2D eigenvalue weighted by Crippen LogP contribution is 2.42. The Hall–Kier alpha value is -3.37. The van der Waals surface area contributed by atoms with Crippen LogP contribution in [-0.4, -0.2) is 20.6 Å². The van der Waals surface area contributed by atoms with Gasteiger partial charge in [0.05, 0.1) is 11.3 Å². The van der Waals surface area contributed by atoms with Crippen LogP contribution >= 0.6 is 0 Å². The Morgan fingerprint density at radius 2 is 1.88 bits per heavy atom. The van der Waals surface area contributed by atoms with Gasteiger partial charge >= 0.3 is 6.18 Å². The zero-order chi connectivity index (χ0) is 24.5. The van der Waals surface area contributed by atoms with Crippen LogP contribution in [0.5, 0.6) is 0 Å². The van der Waals surface area contributed by atoms with Gasteiger partial charge < -0.3 is 15.1 Å². The van der Waals surface area contributed by atoms with Gasteiger partial charge in [-0.1, -0.05) is 27.0 Å². The zero-order valence-corrected chi connectivity index (χ0v) is 19.8. The largest absolute Gasteiger partial charge is 0.416 e. The normalized spacial score (nSPS) is 13.4. The van der Waals surface area contributed by atoms with Crippen molar-refractivity contribution >= 4 is 28.3 Å². The molecule has 1 aliphatic rings. The highest BCUT2D eigenvalue weighted by Gasteiger charge is 2.31. The van der Waals surface area contributed by atoms with Gasteiger partial charge in [-0.25, -0.2) is 0 Å². The van der Waals surface area contributed by atoms with Crippen molar-refractivity contribution in [3.63, 3.8) is 0 Å². The molecule has 2 aromatic rings. The molecule has 2 aromatic carbocycles. The summed E-state index contributed by atoms with van der Waals surface area (Å²) in [5.74, 6) is 0.306. The number of halogens is 3. The first-order valence-corrected chi connectivity index (χ1v) is 10.9. The van der Waals surface area contributed by atoms with Crippen molar-refractivity contribution < 1.29 is 13.2 Å². The van der Waals surface area contributed by atoms with E-state index in [-0.39, 0.29) is 0 Å². The highest BCUT2D eigenvalue weighted by atomic mass is 19.4. The Kier molecular flexibility index (Phi) is 6.80. The summed E-state index contributed by atoms with van der Waals surface area (Å²) in [4.78, 5) is 4.07. The fourth-order valence-electron chi connectivity index (χ4n) is 4.20. The SMILES string of the molecule is C=C=C(c1ccc(C(F)(F)F)cc1NC)N(C)c1ccc2c(c1)C(C(C)C)=CC(=C)N2CC. The molecular weight excluding hydrogens is 423 g/mol. The van der Waals surface area contributed by atoms with Gasteiger partial charge in [-0.3, -0.25) is 0 Å². The molecule has 0 saturated carbocycles. The van der Waals surface area contributed by atoms with E-state index in [2.05, 4.69) is 68.1 Å². The topological polar surface area (TPSA) is 18.5 Å². The van der Waals surface area contributed by atoms with Gasteiger partial charge in [0.15, 0.2) is 0 Å². The fourth-order valence-corrected chi connectivity index (χ4v) is 4.20. The van der Waals surface area contributed by atoms with E-state index in [1.165, 1.54) is 11.6 Å². The van der Waals surface area contributed by atoms with Crippen LogP contribution in [0, 0.1) is 5.92 Å². The first kappa shape index (κ1) is 24.3. The summed E-state index contributed by atoms with van der Waals surface area (Å²) >= 11 is 0. The summed E-state index contributed by atoms with van der Waals surface area (Å²) in [6, 6.07) is 9.82. The van der Waals surface area contributed by atoms with Crippen LogP contribution in [-0.2, 0) is 6.18 Å². The van der Waals surface area contributed by atoms with Crippen LogP contribution in [0.3, 0.4) is 0 Å². The number of allylic oxidation sites excluding steroid dienone is 2.